The topological polar surface area (TPSA) is 242 Å². The fraction of sp³-hybridized carbons (Fsp3) is 0.314. The van der Waals surface area contributed by atoms with Crippen LogP contribution in [0.1, 0.15) is 21.5 Å². The quantitative estimate of drug-likeness (QED) is 0.0735. The van der Waals surface area contributed by atoms with Gasteiger partial charge in [-0.25, -0.2) is 4.79 Å². The van der Waals surface area contributed by atoms with Gasteiger partial charge in [-0.3, -0.25) is 4.79 Å². The van der Waals surface area contributed by atoms with E-state index in [4.69, 9.17) is 23.7 Å². The van der Waals surface area contributed by atoms with E-state index in [0.29, 0.717) is 11.1 Å². The Morgan fingerprint density at radius 3 is 2.14 bits per heavy atom. The summed E-state index contributed by atoms with van der Waals surface area (Å²) in [6, 6.07) is 15.8. The lowest BCUT2D eigenvalue weighted by Gasteiger charge is -2.42. The molecule has 15 heteroatoms. The first-order valence-corrected chi connectivity index (χ1v) is 15.3. The zero-order valence-corrected chi connectivity index (χ0v) is 26.3. The molecule has 0 saturated carbocycles. The van der Waals surface area contributed by atoms with E-state index in [1.807, 2.05) is 0 Å². The summed E-state index contributed by atoms with van der Waals surface area (Å²) < 4.78 is 27.8. The van der Waals surface area contributed by atoms with Gasteiger partial charge >= 0.3 is 5.97 Å². The maximum atomic E-state index is 12.5. The molecule has 266 valence electrons. The Balaban J connectivity index is 1.21. The van der Waals surface area contributed by atoms with E-state index >= 15 is 0 Å². The van der Waals surface area contributed by atoms with E-state index in [1.165, 1.54) is 54.6 Å². The number of carbonyl (C=O) groups is 2. The summed E-state index contributed by atoms with van der Waals surface area (Å²) in [5, 5.41) is 81.7. The highest BCUT2D eigenvalue weighted by Crippen LogP contribution is 2.33. The van der Waals surface area contributed by atoms with Crippen molar-refractivity contribution in [1.29, 1.82) is 0 Å². The number of phenolic OH excluding ortho intramolecular Hbond substituents is 3. The molecule has 2 aliphatic heterocycles. The molecule has 0 bridgehead atoms. The van der Waals surface area contributed by atoms with Crippen LogP contribution in [0.25, 0.3) is 12.2 Å². The van der Waals surface area contributed by atoms with Gasteiger partial charge in [0.05, 0.1) is 18.8 Å². The molecular formula is C35H36O15. The number of ketones is 1. The van der Waals surface area contributed by atoms with Crippen molar-refractivity contribution >= 4 is 23.9 Å². The van der Waals surface area contributed by atoms with E-state index in [0.717, 1.165) is 12.1 Å². The van der Waals surface area contributed by atoms with Crippen molar-refractivity contribution in [2.24, 2.45) is 0 Å². The van der Waals surface area contributed by atoms with E-state index in [-0.39, 0.29) is 28.6 Å². The van der Waals surface area contributed by atoms with Crippen LogP contribution in [0.4, 0.5) is 0 Å². The van der Waals surface area contributed by atoms with E-state index < -0.39 is 80.3 Å². The van der Waals surface area contributed by atoms with Crippen LogP contribution in [0.2, 0.25) is 0 Å². The summed E-state index contributed by atoms with van der Waals surface area (Å²) in [5.41, 5.74) is -0.960. The predicted octanol–water partition coefficient (Wildman–Crippen LogP) is 0.607. The number of hydrogen-bond donors (Lipinski definition) is 8. The van der Waals surface area contributed by atoms with Crippen LogP contribution in [0.5, 0.6) is 23.0 Å². The molecule has 0 radical (unpaired) electrons. The minimum absolute atomic E-state index is 0.00591. The first-order chi connectivity index (χ1) is 23.9. The third-order valence-electron chi connectivity index (χ3n) is 8.00. The lowest BCUT2D eigenvalue weighted by atomic mass is 9.98. The van der Waals surface area contributed by atoms with Crippen molar-refractivity contribution in [3.05, 3.63) is 95.6 Å². The van der Waals surface area contributed by atoms with Gasteiger partial charge in [-0.2, -0.15) is 0 Å². The first-order valence-electron chi connectivity index (χ1n) is 15.3. The largest absolute Gasteiger partial charge is 0.508 e. The molecule has 2 fully saturated rings. The molecule has 5 rings (SSSR count). The van der Waals surface area contributed by atoms with Crippen LogP contribution in [0, 0.1) is 0 Å². The molecule has 3 aromatic carbocycles. The van der Waals surface area contributed by atoms with Crippen LogP contribution in [-0.2, 0) is 23.7 Å². The Hall–Kier alpha value is -4.84. The summed E-state index contributed by atoms with van der Waals surface area (Å²) in [6.45, 7) is -1.91. The Labute approximate surface area is 285 Å². The minimum Gasteiger partial charge on any atom is -0.508 e. The lowest BCUT2D eigenvalue weighted by Crippen LogP contribution is -2.62. The zero-order valence-electron chi connectivity index (χ0n) is 26.3. The van der Waals surface area contributed by atoms with Crippen LogP contribution in [-0.4, -0.2) is 121 Å². The van der Waals surface area contributed by atoms with Crippen LogP contribution in [0.3, 0.4) is 0 Å². The number of ether oxygens (including phenoxy) is 5. The third kappa shape index (κ3) is 8.65. The average molecular weight is 697 g/mol. The standard InChI is InChI=1S/C35H36O15/c36-16-27-29(42)30(43)31(50-34-32(44)35(45,18-47-34)17-46-28(41)14-6-19-1-7-21(37)8-2-19)33(49-27)48-23-10-3-20(4-11-23)5-13-25(39)24-12-9-22(38)15-26(24)40/h1-15,27,29-34,36-38,40,42-45H,16-18H2/b13-5+,14-6+/t27?,29-,30+,31?,32-,33-,34+,35?/m1/s1. The second kappa shape index (κ2) is 15.8. The summed E-state index contributed by atoms with van der Waals surface area (Å²) in [5.74, 6) is -1.68. The number of esters is 1. The van der Waals surface area contributed by atoms with Gasteiger partial charge in [0.1, 0.15) is 54.0 Å². The molecule has 2 aliphatic rings. The van der Waals surface area contributed by atoms with E-state index in [9.17, 15) is 50.4 Å². The first kappa shape index (κ1) is 36.4. The summed E-state index contributed by atoms with van der Waals surface area (Å²) in [6.07, 6.45) is -5.81. The van der Waals surface area contributed by atoms with Gasteiger partial charge in [-0.05, 0) is 59.7 Å². The molecule has 2 heterocycles. The highest BCUT2D eigenvalue weighted by Gasteiger charge is 2.54. The van der Waals surface area contributed by atoms with Gasteiger partial charge in [0.15, 0.2) is 23.8 Å². The number of benzene rings is 3. The summed E-state index contributed by atoms with van der Waals surface area (Å²) in [4.78, 5) is 24.7. The molecule has 8 N–H and O–H groups in total. The molecule has 3 aromatic rings. The second-order valence-electron chi connectivity index (χ2n) is 11.7. The molecular weight excluding hydrogens is 660 g/mol. The predicted molar refractivity (Wildman–Crippen MR) is 172 cm³/mol. The normalized spacial score (nSPS) is 28.2. The molecule has 50 heavy (non-hydrogen) atoms. The molecule has 8 atom stereocenters. The number of phenols is 3. The Bertz CT molecular complexity index is 1690. The average Bonchev–Trinajstić information content (AvgIpc) is 3.38. The number of allylic oxidation sites excluding steroid dienone is 1. The Morgan fingerprint density at radius 1 is 0.840 bits per heavy atom. The second-order valence-corrected chi connectivity index (χ2v) is 11.7. The van der Waals surface area contributed by atoms with Crippen molar-refractivity contribution < 1.29 is 74.1 Å². The molecule has 0 aromatic heterocycles. The lowest BCUT2D eigenvalue weighted by molar-refractivity contribution is -0.318. The maximum Gasteiger partial charge on any atom is 0.330 e. The fourth-order valence-electron chi connectivity index (χ4n) is 5.12. The molecule has 0 amide bonds. The highest BCUT2D eigenvalue weighted by atomic mass is 16.8. The smallest absolute Gasteiger partial charge is 0.330 e. The number of aromatic hydroxyl groups is 3. The Morgan fingerprint density at radius 2 is 1.48 bits per heavy atom. The van der Waals surface area contributed by atoms with Gasteiger partial charge < -0.3 is 64.5 Å². The molecule has 0 aliphatic carbocycles. The van der Waals surface area contributed by atoms with Crippen molar-refractivity contribution in [3.63, 3.8) is 0 Å². The van der Waals surface area contributed by atoms with Crippen molar-refractivity contribution in [1.82, 2.24) is 0 Å². The highest BCUT2D eigenvalue weighted by molar-refractivity contribution is 6.08. The maximum absolute atomic E-state index is 12.5. The van der Waals surface area contributed by atoms with Gasteiger partial charge in [-0.15, -0.1) is 0 Å². The molecule has 0 spiro atoms. The monoisotopic (exact) mass is 696 g/mol. The van der Waals surface area contributed by atoms with Gasteiger partial charge in [0.25, 0.3) is 0 Å². The number of carbonyl (C=O) groups excluding carboxylic acids is 2. The van der Waals surface area contributed by atoms with Gasteiger partial charge in [-0.1, -0.05) is 30.3 Å². The third-order valence-corrected chi connectivity index (χ3v) is 8.00. The SMILES string of the molecule is O=C(/C=C/c1ccc(O)cc1)OCC1(O)CO[C@@H](OC2[C@H](Oc3ccc(/C=C/C(=O)c4ccc(O)cc4O)cc3)OC(CO)[C@@H](O)[C@@H]2O)[C@H]1O. The van der Waals surface area contributed by atoms with Crippen molar-refractivity contribution in [2.75, 3.05) is 19.8 Å². The van der Waals surface area contributed by atoms with Crippen LogP contribution < -0.4 is 4.74 Å². The van der Waals surface area contributed by atoms with Crippen LogP contribution >= 0.6 is 0 Å². The summed E-state index contributed by atoms with van der Waals surface area (Å²) >= 11 is 0. The fourth-order valence-corrected chi connectivity index (χ4v) is 5.12. The summed E-state index contributed by atoms with van der Waals surface area (Å²) in [7, 11) is 0. The Kier molecular flexibility index (Phi) is 11.5. The molecule has 15 nitrogen and oxygen atoms in total. The van der Waals surface area contributed by atoms with Gasteiger partial charge in [0, 0.05) is 12.1 Å². The molecule has 3 unspecified atom stereocenters. The molecule has 2 saturated heterocycles. The van der Waals surface area contributed by atoms with Gasteiger partial charge in [0.2, 0.25) is 6.29 Å². The van der Waals surface area contributed by atoms with Crippen molar-refractivity contribution in [2.45, 2.75) is 48.7 Å². The number of hydrogen-bond acceptors (Lipinski definition) is 15. The van der Waals surface area contributed by atoms with Crippen LogP contribution in [0.15, 0.2) is 78.9 Å². The van der Waals surface area contributed by atoms with Crippen molar-refractivity contribution in [3.8, 4) is 23.0 Å². The van der Waals surface area contributed by atoms with E-state index in [2.05, 4.69) is 0 Å². The number of rotatable bonds is 12. The zero-order chi connectivity index (χ0) is 36.0. The van der Waals surface area contributed by atoms with E-state index in [1.54, 1.807) is 24.3 Å². The minimum atomic E-state index is -2.11. The number of aliphatic hydroxyl groups is 5. The number of aliphatic hydroxyl groups excluding tert-OH is 4.